The van der Waals surface area contributed by atoms with Crippen molar-refractivity contribution in [1.29, 1.82) is 5.26 Å². The number of nitriles is 1. The molecule has 2 atom stereocenters. The lowest BCUT2D eigenvalue weighted by Gasteiger charge is -2.24. The summed E-state index contributed by atoms with van der Waals surface area (Å²) in [7, 11) is 1.88. The van der Waals surface area contributed by atoms with Crippen LogP contribution in [0.15, 0.2) is 65.9 Å². The minimum absolute atomic E-state index is 0.0824. The topological polar surface area (TPSA) is 71.1 Å². The second kappa shape index (κ2) is 8.19. The van der Waals surface area contributed by atoms with Crippen molar-refractivity contribution in [3.05, 3.63) is 71.4 Å². The molecule has 0 aliphatic carbocycles. The monoisotopic (exact) mass is 321 g/mol. The third kappa shape index (κ3) is 4.15. The molecule has 4 heteroatoms. The largest absolute Gasteiger partial charge is 0.457 e. The van der Waals surface area contributed by atoms with Crippen LogP contribution in [0.5, 0.6) is 11.5 Å². The second-order valence-electron chi connectivity index (χ2n) is 5.75. The number of nitrogens with one attached hydrogen (secondary N) is 1. The summed E-state index contributed by atoms with van der Waals surface area (Å²) in [5, 5.41) is 12.7. The van der Waals surface area contributed by atoms with Crippen LogP contribution < -0.4 is 15.8 Å². The molecule has 2 aromatic rings. The number of ether oxygens (including phenoxy) is 1. The van der Waals surface area contributed by atoms with E-state index in [1.807, 2.05) is 68.6 Å². The lowest BCUT2D eigenvalue weighted by atomic mass is 9.85. The van der Waals surface area contributed by atoms with Crippen molar-refractivity contribution in [1.82, 2.24) is 5.32 Å². The molecule has 0 radical (unpaired) electrons. The highest BCUT2D eigenvalue weighted by Gasteiger charge is 2.24. The summed E-state index contributed by atoms with van der Waals surface area (Å²) in [5.41, 5.74) is 8.08. The summed E-state index contributed by atoms with van der Waals surface area (Å²) in [6, 6.07) is 19.8. The van der Waals surface area contributed by atoms with Gasteiger partial charge in [0, 0.05) is 17.7 Å². The average Bonchev–Trinajstić information content (AvgIpc) is 2.60. The molecule has 2 aromatic carbocycles. The molecule has 124 valence electrons. The Morgan fingerprint density at radius 1 is 1.08 bits per heavy atom. The number of benzene rings is 2. The van der Waals surface area contributed by atoms with Crippen molar-refractivity contribution in [3.8, 4) is 17.6 Å². The van der Waals surface area contributed by atoms with Gasteiger partial charge in [0.15, 0.2) is 0 Å². The molecule has 4 nitrogen and oxygen atoms in total. The number of likely N-dealkylation sites (N-methyl/N-ethyl adjacent to an activating group) is 1. The molecule has 0 saturated heterocycles. The van der Waals surface area contributed by atoms with Crippen LogP contribution in [0.4, 0.5) is 0 Å². The fraction of sp³-hybridized carbons (Fsp3) is 0.250. The Labute approximate surface area is 143 Å². The molecular formula is C20H23N3O. The lowest BCUT2D eigenvalue weighted by molar-refractivity contribution is 0.481. The zero-order chi connectivity index (χ0) is 17.5. The predicted octanol–water partition coefficient (Wildman–Crippen LogP) is 3.93. The quantitative estimate of drug-likeness (QED) is 0.791. The highest BCUT2D eigenvalue weighted by molar-refractivity contribution is 5.43. The summed E-state index contributed by atoms with van der Waals surface area (Å²) >= 11 is 0. The molecule has 0 heterocycles. The molecule has 24 heavy (non-hydrogen) atoms. The Kier molecular flexibility index (Phi) is 6.00. The van der Waals surface area contributed by atoms with Crippen molar-refractivity contribution in [2.75, 3.05) is 7.05 Å². The lowest BCUT2D eigenvalue weighted by Crippen LogP contribution is -2.30. The Balaban J connectivity index is 2.29. The molecule has 2 rings (SSSR count). The van der Waals surface area contributed by atoms with Crippen molar-refractivity contribution < 1.29 is 4.74 Å². The van der Waals surface area contributed by atoms with Gasteiger partial charge in [0.05, 0.1) is 11.6 Å². The Morgan fingerprint density at radius 2 is 1.67 bits per heavy atom. The highest BCUT2D eigenvalue weighted by atomic mass is 16.5. The number of hydrogen-bond acceptors (Lipinski definition) is 4. The van der Waals surface area contributed by atoms with Crippen molar-refractivity contribution >= 4 is 0 Å². The van der Waals surface area contributed by atoms with Crippen LogP contribution in [0.2, 0.25) is 0 Å². The molecule has 0 aliphatic heterocycles. The van der Waals surface area contributed by atoms with E-state index < -0.39 is 0 Å². The van der Waals surface area contributed by atoms with E-state index in [0.717, 1.165) is 17.1 Å². The molecule has 0 spiro atoms. The van der Waals surface area contributed by atoms with Crippen molar-refractivity contribution in [3.63, 3.8) is 0 Å². The van der Waals surface area contributed by atoms with Gasteiger partial charge in [0.1, 0.15) is 11.5 Å². The zero-order valence-corrected chi connectivity index (χ0v) is 14.3. The third-order valence-electron chi connectivity index (χ3n) is 4.03. The number of allylic oxidation sites excluding steroid dienone is 1. The van der Waals surface area contributed by atoms with Crippen LogP contribution in [0.1, 0.15) is 25.3 Å². The molecule has 0 bridgehead atoms. The molecule has 0 aromatic heterocycles. The van der Waals surface area contributed by atoms with E-state index in [-0.39, 0.29) is 12.0 Å². The van der Waals surface area contributed by atoms with Crippen molar-refractivity contribution in [2.45, 2.75) is 25.8 Å². The molecule has 3 N–H and O–H groups in total. The van der Waals surface area contributed by atoms with E-state index in [1.165, 1.54) is 0 Å². The van der Waals surface area contributed by atoms with Gasteiger partial charge in [-0.15, -0.1) is 0 Å². The van der Waals surface area contributed by atoms with Gasteiger partial charge in [-0.2, -0.15) is 5.26 Å². The third-order valence-corrected chi connectivity index (χ3v) is 4.03. The second-order valence-corrected chi connectivity index (χ2v) is 5.75. The number of para-hydroxylation sites is 1. The molecule has 0 aliphatic rings. The standard InChI is InChI=1S/C20H23N3O/c1-14(22)19(13-21)20(15(2)23-3)16-9-11-18(12-10-16)24-17-7-5-4-6-8-17/h4-12,15,20,23H,22H2,1-3H3/b19-14+. The molecule has 0 saturated carbocycles. The van der Waals surface area contributed by atoms with Crippen LogP contribution in [0.3, 0.4) is 0 Å². The van der Waals surface area contributed by atoms with E-state index in [9.17, 15) is 5.26 Å². The van der Waals surface area contributed by atoms with E-state index in [2.05, 4.69) is 11.4 Å². The van der Waals surface area contributed by atoms with Crippen LogP contribution in [-0.4, -0.2) is 13.1 Å². The fourth-order valence-electron chi connectivity index (χ4n) is 2.64. The Hall–Kier alpha value is -2.77. The number of nitrogens with two attached hydrogens (primary N) is 1. The first-order valence-corrected chi connectivity index (χ1v) is 7.93. The summed E-state index contributed by atoms with van der Waals surface area (Å²) in [5.74, 6) is 1.45. The molecule has 0 amide bonds. The SMILES string of the molecule is CNC(C)C(/C(C#N)=C(\C)N)c1ccc(Oc2ccccc2)cc1. The first-order chi connectivity index (χ1) is 11.6. The summed E-state index contributed by atoms with van der Waals surface area (Å²) in [6.07, 6.45) is 0. The maximum atomic E-state index is 9.48. The van der Waals surface area contributed by atoms with Gasteiger partial charge in [-0.1, -0.05) is 30.3 Å². The summed E-state index contributed by atoms with van der Waals surface area (Å²) in [6.45, 7) is 3.81. The van der Waals surface area contributed by atoms with Crippen molar-refractivity contribution in [2.24, 2.45) is 5.73 Å². The smallest absolute Gasteiger partial charge is 0.127 e. The Bertz CT molecular complexity index is 726. The van der Waals surface area contributed by atoms with Crippen LogP contribution >= 0.6 is 0 Å². The van der Waals surface area contributed by atoms with Crippen LogP contribution in [0, 0.1) is 11.3 Å². The van der Waals surface area contributed by atoms with Gasteiger partial charge >= 0.3 is 0 Å². The fourth-order valence-corrected chi connectivity index (χ4v) is 2.64. The Morgan fingerprint density at radius 3 is 2.17 bits per heavy atom. The van der Waals surface area contributed by atoms with Crippen LogP contribution in [0.25, 0.3) is 0 Å². The van der Waals surface area contributed by atoms with E-state index in [4.69, 9.17) is 10.5 Å². The minimum Gasteiger partial charge on any atom is -0.457 e. The first-order valence-electron chi connectivity index (χ1n) is 7.93. The molecule has 0 fully saturated rings. The highest BCUT2D eigenvalue weighted by Crippen LogP contribution is 2.31. The van der Waals surface area contributed by atoms with Crippen LogP contribution in [-0.2, 0) is 0 Å². The number of rotatable bonds is 6. The van der Waals surface area contributed by atoms with E-state index >= 15 is 0 Å². The maximum absolute atomic E-state index is 9.48. The molecular weight excluding hydrogens is 298 g/mol. The van der Waals surface area contributed by atoms with Gasteiger partial charge < -0.3 is 15.8 Å². The van der Waals surface area contributed by atoms with E-state index in [1.54, 1.807) is 6.92 Å². The zero-order valence-electron chi connectivity index (χ0n) is 14.3. The van der Waals surface area contributed by atoms with Gasteiger partial charge in [0.25, 0.3) is 0 Å². The van der Waals surface area contributed by atoms with Gasteiger partial charge in [-0.25, -0.2) is 0 Å². The van der Waals surface area contributed by atoms with E-state index in [0.29, 0.717) is 11.3 Å². The molecule has 2 unspecified atom stereocenters. The summed E-state index contributed by atoms with van der Waals surface area (Å²) < 4.78 is 5.82. The van der Waals surface area contributed by atoms with Gasteiger partial charge in [0.2, 0.25) is 0 Å². The normalized spacial score (nSPS) is 14.2. The first kappa shape index (κ1) is 17.6. The summed E-state index contributed by atoms with van der Waals surface area (Å²) in [4.78, 5) is 0. The minimum atomic E-state index is -0.101. The van der Waals surface area contributed by atoms with Gasteiger partial charge in [-0.3, -0.25) is 0 Å². The maximum Gasteiger partial charge on any atom is 0.127 e. The predicted molar refractivity (Wildman–Crippen MR) is 96.7 cm³/mol. The van der Waals surface area contributed by atoms with Gasteiger partial charge in [-0.05, 0) is 50.7 Å². The average molecular weight is 321 g/mol. The number of hydrogen-bond donors (Lipinski definition) is 2. The number of nitrogens with zero attached hydrogens (tertiary/aromatic N) is 1.